The van der Waals surface area contributed by atoms with Gasteiger partial charge in [-0.2, -0.15) is 13.2 Å². The van der Waals surface area contributed by atoms with Crippen molar-refractivity contribution in [1.29, 1.82) is 0 Å². The van der Waals surface area contributed by atoms with Crippen LogP contribution < -0.4 is 9.47 Å². The van der Waals surface area contributed by atoms with Crippen LogP contribution in [0.5, 0.6) is 11.5 Å². The van der Waals surface area contributed by atoms with Gasteiger partial charge in [-0.05, 0) is 65.4 Å². The molecule has 1 aromatic heterocycles. The van der Waals surface area contributed by atoms with E-state index in [4.69, 9.17) is 9.47 Å². The normalized spacial score (nSPS) is 19.5. The molecule has 6 rings (SSSR count). The van der Waals surface area contributed by atoms with Crippen LogP contribution in [-0.2, 0) is 12.8 Å². The third-order valence-corrected chi connectivity index (χ3v) is 7.25. The van der Waals surface area contributed by atoms with Crippen LogP contribution in [0.4, 0.5) is 17.6 Å². The largest absolute Gasteiger partial charge is 0.493 e. The topological polar surface area (TPSA) is 37.5 Å². The number of halogens is 4. The summed E-state index contributed by atoms with van der Waals surface area (Å²) in [6.45, 7) is -0.651. The molecule has 0 radical (unpaired) electrons. The highest BCUT2D eigenvalue weighted by molar-refractivity contribution is 5.85. The lowest BCUT2D eigenvalue weighted by Gasteiger charge is -2.46. The zero-order valence-corrected chi connectivity index (χ0v) is 19.5. The molecule has 2 aliphatic rings. The van der Waals surface area contributed by atoms with E-state index in [1.54, 1.807) is 24.3 Å². The molecule has 0 bridgehead atoms. The lowest BCUT2D eigenvalue weighted by atomic mass is 9.80. The molecular formula is C28H24F4N2O2. The number of aromatic amines is 1. The Hall–Kier alpha value is -3.52. The molecule has 2 unspecified atom stereocenters. The Labute approximate surface area is 205 Å². The number of para-hydroxylation sites is 1. The number of rotatable bonds is 4. The van der Waals surface area contributed by atoms with Gasteiger partial charge in [-0.25, -0.2) is 4.39 Å². The van der Waals surface area contributed by atoms with E-state index in [1.807, 2.05) is 18.2 Å². The Bertz CT molecular complexity index is 1430. The second kappa shape index (κ2) is 8.55. The van der Waals surface area contributed by atoms with Crippen molar-refractivity contribution in [3.05, 3.63) is 94.4 Å². The molecule has 0 saturated heterocycles. The monoisotopic (exact) mass is 496 g/mol. The molecule has 4 aromatic rings. The Morgan fingerprint density at radius 1 is 1.03 bits per heavy atom. The molecule has 4 nitrogen and oxygen atoms in total. The van der Waals surface area contributed by atoms with Gasteiger partial charge in [-0.3, -0.25) is 4.90 Å². The predicted molar refractivity (Wildman–Crippen MR) is 128 cm³/mol. The highest BCUT2D eigenvalue weighted by atomic mass is 19.4. The van der Waals surface area contributed by atoms with E-state index in [0.29, 0.717) is 18.6 Å². The number of benzene rings is 3. The zero-order valence-electron chi connectivity index (χ0n) is 19.5. The van der Waals surface area contributed by atoms with E-state index >= 15 is 0 Å². The van der Waals surface area contributed by atoms with E-state index in [9.17, 15) is 17.6 Å². The van der Waals surface area contributed by atoms with Gasteiger partial charge in [-0.15, -0.1) is 0 Å². The minimum atomic E-state index is -4.45. The molecule has 0 spiro atoms. The van der Waals surface area contributed by atoms with Gasteiger partial charge in [0.05, 0.1) is 13.2 Å². The van der Waals surface area contributed by atoms with Crippen molar-refractivity contribution in [1.82, 2.24) is 9.88 Å². The summed E-state index contributed by atoms with van der Waals surface area (Å²) in [6.07, 6.45) is -3.06. The molecule has 186 valence electrons. The third kappa shape index (κ3) is 3.89. The zero-order chi connectivity index (χ0) is 25.0. The maximum absolute atomic E-state index is 13.8. The Kier molecular flexibility index (Phi) is 5.44. The molecule has 1 N–H and O–H groups in total. The number of hydrogen-bond donors (Lipinski definition) is 1. The van der Waals surface area contributed by atoms with Crippen molar-refractivity contribution in [2.24, 2.45) is 0 Å². The van der Waals surface area contributed by atoms with E-state index in [0.717, 1.165) is 39.8 Å². The molecule has 0 fully saturated rings. The summed E-state index contributed by atoms with van der Waals surface area (Å²) in [5.74, 6) is 0.0779. The second-order valence-electron chi connectivity index (χ2n) is 9.33. The summed E-state index contributed by atoms with van der Waals surface area (Å²) in [7, 11) is 1.43. The van der Waals surface area contributed by atoms with Crippen molar-refractivity contribution in [2.45, 2.75) is 31.1 Å². The summed E-state index contributed by atoms with van der Waals surface area (Å²) in [6, 6.07) is 17.9. The average Bonchev–Trinajstić information content (AvgIpc) is 3.24. The van der Waals surface area contributed by atoms with Crippen LogP contribution in [-0.4, -0.2) is 36.3 Å². The number of methoxy groups -OCH3 is 1. The Morgan fingerprint density at radius 2 is 1.81 bits per heavy atom. The number of ether oxygens (including phenoxy) is 2. The number of fused-ring (bicyclic) bond motifs is 6. The van der Waals surface area contributed by atoms with Crippen LogP contribution in [0.1, 0.15) is 40.0 Å². The first-order valence-corrected chi connectivity index (χ1v) is 11.8. The van der Waals surface area contributed by atoms with Gasteiger partial charge in [0.1, 0.15) is 5.82 Å². The molecule has 3 heterocycles. The Morgan fingerprint density at radius 3 is 2.56 bits per heavy atom. The van der Waals surface area contributed by atoms with Gasteiger partial charge in [0, 0.05) is 29.2 Å². The molecule has 0 saturated carbocycles. The second-order valence-corrected chi connectivity index (χ2v) is 9.33. The minimum Gasteiger partial charge on any atom is -0.493 e. The minimum absolute atomic E-state index is 0.0819. The van der Waals surface area contributed by atoms with Crippen LogP contribution in [0.2, 0.25) is 0 Å². The van der Waals surface area contributed by atoms with E-state index in [-0.39, 0.29) is 23.7 Å². The van der Waals surface area contributed by atoms with Gasteiger partial charge in [0.2, 0.25) is 0 Å². The van der Waals surface area contributed by atoms with Crippen molar-refractivity contribution in [2.75, 3.05) is 20.3 Å². The summed E-state index contributed by atoms with van der Waals surface area (Å²) in [5.41, 5.74) is 6.20. The number of nitrogens with one attached hydrogen (secondary N) is 1. The number of alkyl halides is 3. The highest BCUT2D eigenvalue weighted by Crippen LogP contribution is 2.49. The van der Waals surface area contributed by atoms with E-state index in [1.165, 1.54) is 24.8 Å². The van der Waals surface area contributed by atoms with Gasteiger partial charge < -0.3 is 14.5 Å². The number of H-pyrrole nitrogens is 1. The first-order chi connectivity index (χ1) is 17.3. The SMILES string of the molecule is COc1cc2c(cc1OCC(F)(F)F)C1Cc3c([nH]c4ccccc34)C(c3ccc(F)cc3)N1CC2. The number of aromatic nitrogens is 1. The molecule has 3 aromatic carbocycles. The van der Waals surface area contributed by atoms with E-state index < -0.39 is 12.8 Å². The van der Waals surface area contributed by atoms with Crippen molar-refractivity contribution < 1.29 is 27.0 Å². The quantitative estimate of drug-likeness (QED) is 0.328. The summed E-state index contributed by atoms with van der Waals surface area (Å²) in [5, 5.41) is 1.12. The molecule has 8 heteroatoms. The maximum atomic E-state index is 13.8. The fraction of sp³-hybridized carbons (Fsp3) is 0.286. The third-order valence-electron chi connectivity index (χ3n) is 7.25. The van der Waals surface area contributed by atoms with E-state index in [2.05, 4.69) is 16.0 Å². The van der Waals surface area contributed by atoms with Gasteiger partial charge in [0.15, 0.2) is 18.1 Å². The number of nitrogens with zero attached hydrogens (tertiary/aromatic N) is 1. The van der Waals surface area contributed by atoms with Crippen LogP contribution in [0.25, 0.3) is 10.9 Å². The maximum Gasteiger partial charge on any atom is 0.422 e. The molecule has 2 atom stereocenters. The van der Waals surface area contributed by atoms with Crippen LogP contribution in [0.15, 0.2) is 60.7 Å². The van der Waals surface area contributed by atoms with Gasteiger partial charge >= 0.3 is 6.18 Å². The highest BCUT2D eigenvalue weighted by Gasteiger charge is 2.41. The first-order valence-electron chi connectivity index (χ1n) is 11.8. The molecule has 0 aliphatic carbocycles. The predicted octanol–water partition coefficient (Wildman–Crippen LogP) is 6.50. The fourth-order valence-corrected chi connectivity index (χ4v) is 5.73. The standard InChI is InChI=1S/C28H24F4N2O2/c1-35-24-12-17-10-11-34-23(20(17)14-25(24)36-15-28(30,31)32)13-21-19-4-2-3-5-22(19)33-26(21)27(34)16-6-8-18(29)9-7-16/h2-9,12,14,23,27,33H,10-11,13,15H2,1H3. The number of hydrogen-bond acceptors (Lipinski definition) is 3. The van der Waals surface area contributed by atoms with Crippen LogP contribution in [0.3, 0.4) is 0 Å². The van der Waals surface area contributed by atoms with Gasteiger partial charge in [0.25, 0.3) is 0 Å². The summed E-state index contributed by atoms with van der Waals surface area (Å²) in [4.78, 5) is 5.95. The van der Waals surface area contributed by atoms with Crippen LogP contribution >= 0.6 is 0 Å². The van der Waals surface area contributed by atoms with Gasteiger partial charge in [-0.1, -0.05) is 30.3 Å². The van der Waals surface area contributed by atoms with Crippen molar-refractivity contribution in [3.63, 3.8) is 0 Å². The fourth-order valence-electron chi connectivity index (χ4n) is 5.73. The summed E-state index contributed by atoms with van der Waals surface area (Å²) < 4.78 is 63.1. The smallest absolute Gasteiger partial charge is 0.422 e. The Balaban J connectivity index is 1.49. The average molecular weight is 497 g/mol. The molecule has 36 heavy (non-hydrogen) atoms. The van der Waals surface area contributed by atoms with Crippen LogP contribution in [0, 0.1) is 5.82 Å². The summed E-state index contributed by atoms with van der Waals surface area (Å²) >= 11 is 0. The first kappa shape index (κ1) is 22.9. The van der Waals surface area contributed by atoms with Crippen molar-refractivity contribution >= 4 is 10.9 Å². The lowest BCUT2D eigenvalue weighted by molar-refractivity contribution is -0.153. The lowest BCUT2D eigenvalue weighted by Crippen LogP contribution is -2.43. The molecular weight excluding hydrogens is 472 g/mol. The molecule has 2 aliphatic heterocycles. The molecule has 0 amide bonds. The van der Waals surface area contributed by atoms with Crippen molar-refractivity contribution in [3.8, 4) is 11.5 Å².